The van der Waals surface area contributed by atoms with Crippen molar-refractivity contribution in [3.05, 3.63) is 0 Å². The Morgan fingerprint density at radius 3 is 2.62 bits per heavy atom. The molecule has 0 radical (unpaired) electrons. The van der Waals surface area contributed by atoms with E-state index in [1.807, 2.05) is 0 Å². The normalized spacial score (nSPS) is 40.8. The molecule has 0 aromatic rings. The summed E-state index contributed by atoms with van der Waals surface area (Å²) in [5.74, 6) is 0.593. The number of piperidine rings is 1. The Balaban J connectivity index is 1.75. The van der Waals surface area contributed by atoms with Gasteiger partial charge < -0.3 is 10.4 Å². The van der Waals surface area contributed by atoms with Gasteiger partial charge >= 0.3 is 0 Å². The van der Waals surface area contributed by atoms with Crippen LogP contribution >= 0.6 is 0 Å². The number of rotatable bonds is 2. The minimum Gasteiger partial charge on any atom is -0.393 e. The molecule has 0 aromatic heterocycles. The van der Waals surface area contributed by atoms with Gasteiger partial charge in [0.05, 0.1) is 6.10 Å². The fraction of sp³-hybridized carbons (Fsp3) is 1.00. The maximum atomic E-state index is 9.69. The SMILES string of the molecule is O[C@@H]1CCC[C@H]1C[C@H]1CCCCN1. The lowest BCUT2D eigenvalue weighted by atomic mass is 9.92. The van der Waals surface area contributed by atoms with Gasteiger partial charge in [0.25, 0.3) is 0 Å². The molecule has 1 heterocycles. The summed E-state index contributed by atoms with van der Waals surface area (Å²) in [7, 11) is 0. The summed E-state index contributed by atoms with van der Waals surface area (Å²) < 4.78 is 0. The maximum Gasteiger partial charge on any atom is 0.0569 e. The standard InChI is InChI=1S/C11H21NO/c13-11-6-3-4-9(11)8-10-5-1-2-7-12-10/h9-13H,1-8H2/t9-,10+,11+/m0/s1. The molecule has 76 valence electrons. The molecule has 2 rings (SSSR count). The van der Waals surface area contributed by atoms with Gasteiger partial charge in [0, 0.05) is 6.04 Å². The summed E-state index contributed by atoms with van der Waals surface area (Å²) in [5.41, 5.74) is 0. The smallest absolute Gasteiger partial charge is 0.0569 e. The zero-order chi connectivity index (χ0) is 9.10. The third-order valence-electron chi connectivity index (χ3n) is 3.62. The molecule has 2 heteroatoms. The van der Waals surface area contributed by atoms with Crippen LogP contribution in [0.15, 0.2) is 0 Å². The average molecular weight is 183 g/mol. The Morgan fingerprint density at radius 2 is 2.00 bits per heavy atom. The summed E-state index contributed by atoms with van der Waals surface area (Å²) in [6, 6.07) is 0.700. The van der Waals surface area contributed by atoms with Crippen LogP contribution in [-0.2, 0) is 0 Å². The monoisotopic (exact) mass is 183 g/mol. The van der Waals surface area contributed by atoms with Crippen molar-refractivity contribution in [3.8, 4) is 0 Å². The van der Waals surface area contributed by atoms with Crippen LogP contribution in [0.25, 0.3) is 0 Å². The zero-order valence-corrected chi connectivity index (χ0v) is 8.34. The third kappa shape index (κ3) is 2.44. The quantitative estimate of drug-likeness (QED) is 0.682. The topological polar surface area (TPSA) is 32.3 Å². The predicted octanol–water partition coefficient (Wildman–Crippen LogP) is 1.68. The number of aliphatic hydroxyl groups excluding tert-OH is 1. The lowest BCUT2D eigenvalue weighted by Gasteiger charge is -2.27. The van der Waals surface area contributed by atoms with Crippen molar-refractivity contribution in [1.29, 1.82) is 0 Å². The molecule has 2 N–H and O–H groups in total. The van der Waals surface area contributed by atoms with E-state index in [0.717, 1.165) is 6.42 Å². The van der Waals surface area contributed by atoms with Gasteiger partial charge in [0.1, 0.15) is 0 Å². The highest BCUT2D eigenvalue weighted by atomic mass is 16.3. The van der Waals surface area contributed by atoms with Crippen molar-refractivity contribution in [2.75, 3.05) is 6.54 Å². The Morgan fingerprint density at radius 1 is 1.08 bits per heavy atom. The lowest BCUT2D eigenvalue weighted by Crippen LogP contribution is -2.36. The Kier molecular flexibility index (Phi) is 3.23. The first-order valence-electron chi connectivity index (χ1n) is 5.78. The maximum absolute atomic E-state index is 9.69. The highest BCUT2D eigenvalue weighted by molar-refractivity contribution is 4.82. The van der Waals surface area contributed by atoms with Crippen LogP contribution in [-0.4, -0.2) is 23.8 Å². The number of hydrogen-bond donors (Lipinski definition) is 2. The molecular formula is C11H21NO. The molecule has 2 aliphatic rings. The molecule has 13 heavy (non-hydrogen) atoms. The van der Waals surface area contributed by atoms with Gasteiger partial charge in [-0.1, -0.05) is 12.8 Å². The van der Waals surface area contributed by atoms with Crippen LogP contribution in [0, 0.1) is 5.92 Å². The Hall–Kier alpha value is -0.0800. The van der Waals surface area contributed by atoms with E-state index >= 15 is 0 Å². The van der Waals surface area contributed by atoms with E-state index in [9.17, 15) is 5.11 Å². The largest absolute Gasteiger partial charge is 0.393 e. The molecule has 1 aliphatic carbocycles. The molecule has 0 spiro atoms. The summed E-state index contributed by atoms with van der Waals surface area (Å²) >= 11 is 0. The molecule has 0 unspecified atom stereocenters. The highest BCUT2D eigenvalue weighted by Crippen LogP contribution is 2.30. The van der Waals surface area contributed by atoms with Crippen molar-refractivity contribution in [1.82, 2.24) is 5.32 Å². The van der Waals surface area contributed by atoms with Gasteiger partial charge in [-0.3, -0.25) is 0 Å². The summed E-state index contributed by atoms with van der Waals surface area (Å²) in [6.07, 6.45) is 8.77. The molecule has 1 saturated heterocycles. The molecule has 2 fully saturated rings. The van der Waals surface area contributed by atoms with Crippen LogP contribution < -0.4 is 5.32 Å². The van der Waals surface area contributed by atoms with Gasteiger partial charge in [-0.2, -0.15) is 0 Å². The first-order valence-corrected chi connectivity index (χ1v) is 5.78. The summed E-state index contributed by atoms with van der Waals surface area (Å²) in [4.78, 5) is 0. The predicted molar refractivity (Wildman–Crippen MR) is 53.6 cm³/mol. The van der Waals surface area contributed by atoms with Crippen LogP contribution in [0.4, 0.5) is 0 Å². The van der Waals surface area contributed by atoms with Gasteiger partial charge in [0.2, 0.25) is 0 Å². The molecule has 0 bridgehead atoms. The molecule has 3 atom stereocenters. The highest BCUT2D eigenvalue weighted by Gasteiger charge is 2.28. The molecule has 1 saturated carbocycles. The van der Waals surface area contributed by atoms with Gasteiger partial charge in [-0.25, -0.2) is 0 Å². The van der Waals surface area contributed by atoms with E-state index < -0.39 is 0 Å². The van der Waals surface area contributed by atoms with Crippen LogP contribution in [0.3, 0.4) is 0 Å². The van der Waals surface area contributed by atoms with Crippen molar-refractivity contribution >= 4 is 0 Å². The molecular weight excluding hydrogens is 162 g/mol. The van der Waals surface area contributed by atoms with Crippen LogP contribution in [0.1, 0.15) is 44.9 Å². The van der Waals surface area contributed by atoms with Crippen LogP contribution in [0.5, 0.6) is 0 Å². The van der Waals surface area contributed by atoms with E-state index in [2.05, 4.69) is 5.32 Å². The van der Waals surface area contributed by atoms with Crippen molar-refractivity contribution in [3.63, 3.8) is 0 Å². The molecule has 0 amide bonds. The lowest BCUT2D eigenvalue weighted by molar-refractivity contribution is 0.118. The zero-order valence-electron chi connectivity index (χ0n) is 8.34. The first kappa shape index (κ1) is 9.47. The second kappa shape index (κ2) is 4.43. The van der Waals surface area contributed by atoms with Crippen LogP contribution in [0.2, 0.25) is 0 Å². The van der Waals surface area contributed by atoms with Gasteiger partial charge in [-0.15, -0.1) is 0 Å². The molecule has 2 nitrogen and oxygen atoms in total. The fourth-order valence-corrected chi connectivity index (χ4v) is 2.78. The van der Waals surface area contributed by atoms with Gasteiger partial charge in [0.15, 0.2) is 0 Å². The molecule has 1 aliphatic heterocycles. The third-order valence-corrected chi connectivity index (χ3v) is 3.62. The summed E-state index contributed by atoms with van der Waals surface area (Å²) in [5, 5.41) is 13.2. The minimum atomic E-state index is 0.00345. The second-order valence-electron chi connectivity index (χ2n) is 4.64. The minimum absolute atomic E-state index is 0.00345. The number of nitrogens with one attached hydrogen (secondary N) is 1. The van der Waals surface area contributed by atoms with E-state index in [1.54, 1.807) is 0 Å². The number of hydrogen-bond acceptors (Lipinski definition) is 2. The first-order chi connectivity index (χ1) is 6.36. The second-order valence-corrected chi connectivity index (χ2v) is 4.64. The Labute approximate surface area is 80.7 Å². The fourth-order valence-electron chi connectivity index (χ4n) is 2.78. The molecule has 0 aromatic carbocycles. The number of aliphatic hydroxyl groups is 1. The average Bonchev–Trinajstić information content (AvgIpc) is 2.54. The van der Waals surface area contributed by atoms with E-state index in [4.69, 9.17) is 0 Å². The van der Waals surface area contributed by atoms with E-state index in [0.29, 0.717) is 12.0 Å². The van der Waals surface area contributed by atoms with Crippen molar-refractivity contribution in [2.45, 2.75) is 57.1 Å². The van der Waals surface area contributed by atoms with Crippen molar-refractivity contribution < 1.29 is 5.11 Å². The summed E-state index contributed by atoms with van der Waals surface area (Å²) in [6.45, 7) is 1.19. The van der Waals surface area contributed by atoms with Gasteiger partial charge in [-0.05, 0) is 44.6 Å². The van der Waals surface area contributed by atoms with E-state index in [1.165, 1.54) is 45.1 Å². The van der Waals surface area contributed by atoms with E-state index in [-0.39, 0.29) is 6.10 Å². The van der Waals surface area contributed by atoms with Crippen molar-refractivity contribution in [2.24, 2.45) is 5.92 Å². The Bertz CT molecular complexity index is 154.